The average molecular weight is 425 g/mol. The minimum absolute atomic E-state index is 0.181. The van der Waals surface area contributed by atoms with Gasteiger partial charge in [-0.2, -0.15) is 4.98 Å². The molecule has 8 nitrogen and oxygen atoms in total. The van der Waals surface area contributed by atoms with E-state index in [4.69, 9.17) is 9.72 Å². The predicted molar refractivity (Wildman–Crippen MR) is 117 cm³/mol. The molecule has 3 aliphatic rings. The number of pyridine rings is 2. The van der Waals surface area contributed by atoms with Crippen molar-refractivity contribution in [3.8, 4) is 5.88 Å². The van der Waals surface area contributed by atoms with Gasteiger partial charge in [0, 0.05) is 37.3 Å². The second-order valence-corrected chi connectivity index (χ2v) is 9.40. The molecule has 2 fully saturated rings. The number of fused-ring (bicyclic) bond motifs is 1. The van der Waals surface area contributed by atoms with E-state index in [0.717, 1.165) is 18.4 Å². The zero-order chi connectivity index (χ0) is 21.8. The van der Waals surface area contributed by atoms with Gasteiger partial charge in [-0.3, -0.25) is 9.59 Å². The van der Waals surface area contributed by atoms with Crippen LogP contribution in [0.5, 0.6) is 5.88 Å². The number of nitrogens with one attached hydrogen (secondary N) is 1. The zero-order valence-corrected chi connectivity index (χ0v) is 17.9. The topological polar surface area (TPSA) is 96.7 Å². The van der Waals surface area contributed by atoms with Crippen LogP contribution in [0.2, 0.25) is 0 Å². The Morgan fingerprint density at radius 2 is 2.00 bits per heavy atom. The van der Waals surface area contributed by atoms with Gasteiger partial charge in [-0.25, -0.2) is 0 Å². The van der Waals surface area contributed by atoms with E-state index < -0.39 is 0 Å². The fourth-order valence-electron chi connectivity index (χ4n) is 4.42. The standard InChI is InChI=1S/C23H28N4O4/c1-23(2)13-14-12-17(19(25-21(14)31-23)26-10-7-16(28)8-11-26)20(29)24-18-4-3-9-27(22(18)30)15-5-6-15/h3-4,9,12,15-16,28H,5-8,10-11,13H2,1-2H3,(H,24,29). The summed E-state index contributed by atoms with van der Waals surface area (Å²) in [6.07, 6.45) is 5.33. The Morgan fingerprint density at radius 1 is 1.26 bits per heavy atom. The molecule has 1 amide bonds. The lowest BCUT2D eigenvalue weighted by molar-refractivity contribution is 0.102. The van der Waals surface area contributed by atoms with Gasteiger partial charge < -0.3 is 24.6 Å². The van der Waals surface area contributed by atoms with Crippen LogP contribution in [-0.2, 0) is 6.42 Å². The number of aromatic nitrogens is 2. The maximum absolute atomic E-state index is 13.3. The first-order chi connectivity index (χ1) is 14.8. The van der Waals surface area contributed by atoms with Crippen molar-refractivity contribution in [2.45, 2.75) is 63.7 Å². The van der Waals surface area contributed by atoms with Crippen molar-refractivity contribution in [2.75, 3.05) is 23.3 Å². The van der Waals surface area contributed by atoms with Crippen molar-refractivity contribution in [1.82, 2.24) is 9.55 Å². The van der Waals surface area contributed by atoms with E-state index in [2.05, 4.69) is 5.32 Å². The number of hydrogen-bond donors (Lipinski definition) is 2. The maximum Gasteiger partial charge on any atom is 0.274 e. The van der Waals surface area contributed by atoms with Crippen LogP contribution in [0, 0.1) is 0 Å². The molecule has 0 spiro atoms. The largest absolute Gasteiger partial charge is 0.471 e. The van der Waals surface area contributed by atoms with Crippen molar-refractivity contribution in [3.63, 3.8) is 0 Å². The molecule has 31 heavy (non-hydrogen) atoms. The van der Waals surface area contributed by atoms with Crippen LogP contribution in [-0.4, -0.2) is 45.4 Å². The summed E-state index contributed by atoms with van der Waals surface area (Å²) in [7, 11) is 0. The first kappa shape index (κ1) is 20.1. The Kier molecular flexibility index (Phi) is 4.77. The number of amides is 1. The molecule has 2 aliphatic heterocycles. The molecule has 4 heterocycles. The molecule has 0 atom stereocenters. The minimum atomic E-state index is -0.378. The summed E-state index contributed by atoms with van der Waals surface area (Å²) >= 11 is 0. The van der Waals surface area contributed by atoms with Crippen molar-refractivity contribution < 1.29 is 14.6 Å². The molecule has 1 saturated heterocycles. The molecule has 2 N–H and O–H groups in total. The fourth-order valence-corrected chi connectivity index (χ4v) is 4.42. The summed E-state index contributed by atoms with van der Waals surface area (Å²) in [5.41, 5.74) is 1.03. The third kappa shape index (κ3) is 3.92. The van der Waals surface area contributed by atoms with Gasteiger partial charge in [0.25, 0.3) is 11.5 Å². The van der Waals surface area contributed by atoms with Crippen LogP contribution >= 0.6 is 0 Å². The van der Waals surface area contributed by atoms with Crippen LogP contribution < -0.4 is 20.5 Å². The van der Waals surface area contributed by atoms with Crippen molar-refractivity contribution in [2.24, 2.45) is 0 Å². The lowest BCUT2D eigenvalue weighted by Crippen LogP contribution is -2.37. The van der Waals surface area contributed by atoms with E-state index in [1.54, 1.807) is 22.9 Å². The van der Waals surface area contributed by atoms with Gasteiger partial charge in [0.2, 0.25) is 5.88 Å². The number of carbonyl (C=O) groups is 1. The quantitative estimate of drug-likeness (QED) is 0.783. The van der Waals surface area contributed by atoms with Crippen LogP contribution in [0.25, 0.3) is 0 Å². The van der Waals surface area contributed by atoms with Crippen molar-refractivity contribution in [1.29, 1.82) is 0 Å². The molecule has 0 radical (unpaired) electrons. The molecule has 8 heteroatoms. The monoisotopic (exact) mass is 424 g/mol. The summed E-state index contributed by atoms with van der Waals surface area (Å²) in [6.45, 7) is 5.21. The first-order valence-electron chi connectivity index (χ1n) is 11.0. The van der Waals surface area contributed by atoms with Gasteiger partial charge >= 0.3 is 0 Å². The van der Waals surface area contributed by atoms with Gasteiger partial charge in [-0.1, -0.05) is 0 Å². The second-order valence-electron chi connectivity index (χ2n) is 9.40. The molecule has 164 valence electrons. The summed E-state index contributed by atoms with van der Waals surface area (Å²) in [6, 6.07) is 5.51. The third-order valence-corrected chi connectivity index (χ3v) is 6.20. The van der Waals surface area contributed by atoms with E-state index in [0.29, 0.717) is 49.6 Å². The highest BCUT2D eigenvalue weighted by molar-refractivity contribution is 6.07. The highest BCUT2D eigenvalue weighted by Crippen LogP contribution is 2.37. The number of ether oxygens (including phenoxy) is 1. The predicted octanol–water partition coefficient (Wildman–Crippen LogP) is 2.51. The Hall–Kier alpha value is -2.87. The first-order valence-corrected chi connectivity index (χ1v) is 11.0. The Labute approximate surface area is 180 Å². The Balaban J connectivity index is 1.49. The summed E-state index contributed by atoms with van der Waals surface area (Å²) in [5.74, 6) is 0.740. The van der Waals surface area contributed by atoms with E-state index in [-0.39, 0.29) is 34.9 Å². The van der Waals surface area contributed by atoms with Gasteiger partial charge in [0.1, 0.15) is 17.1 Å². The van der Waals surface area contributed by atoms with Crippen LogP contribution in [0.1, 0.15) is 61.5 Å². The smallest absolute Gasteiger partial charge is 0.274 e. The zero-order valence-electron chi connectivity index (χ0n) is 17.9. The van der Waals surface area contributed by atoms with Crippen molar-refractivity contribution >= 4 is 17.4 Å². The molecule has 0 aromatic carbocycles. The number of carbonyl (C=O) groups excluding carboxylic acids is 1. The minimum Gasteiger partial charge on any atom is -0.471 e. The van der Waals surface area contributed by atoms with Crippen LogP contribution in [0.4, 0.5) is 11.5 Å². The van der Waals surface area contributed by atoms with Crippen LogP contribution in [0.3, 0.4) is 0 Å². The molecular formula is C23H28N4O4. The molecular weight excluding hydrogens is 396 g/mol. The highest BCUT2D eigenvalue weighted by Gasteiger charge is 2.35. The van der Waals surface area contributed by atoms with Crippen LogP contribution in [0.15, 0.2) is 29.2 Å². The van der Waals surface area contributed by atoms with E-state index in [1.807, 2.05) is 24.8 Å². The number of rotatable bonds is 4. The molecule has 1 aliphatic carbocycles. The lowest BCUT2D eigenvalue weighted by Gasteiger charge is -2.31. The summed E-state index contributed by atoms with van der Waals surface area (Å²) in [5, 5.41) is 12.7. The molecule has 1 saturated carbocycles. The van der Waals surface area contributed by atoms with Gasteiger partial charge in [0.15, 0.2) is 0 Å². The highest BCUT2D eigenvalue weighted by atomic mass is 16.5. The number of aliphatic hydroxyl groups excluding tert-OH is 1. The second kappa shape index (κ2) is 7.37. The third-order valence-electron chi connectivity index (χ3n) is 6.20. The fraction of sp³-hybridized carbons (Fsp3) is 0.522. The van der Waals surface area contributed by atoms with Gasteiger partial charge in [-0.15, -0.1) is 0 Å². The van der Waals surface area contributed by atoms with Gasteiger partial charge in [-0.05, 0) is 57.7 Å². The summed E-state index contributed by atoms with van der Waals surface area (Å²) < 4.78 is 7.69. The van der Waals surface area contributed by atoms with E-state index in [9.17, 15) is 14.7 Å². The van der Waals surface area contributed by atoms with E-state index >= 15 is 0 Å². The normalized spacial score (nSPS) is 20.3. The maximum atomic E-state index is 13.3. The molecule has 0 unspecified atom stereocenters. The number of aliphatic hydroxyl groups is 1. The molecule has 0 bridgehead atoms. The van der Waals surface area contributed by atoms with Gasteiger partial charge in [0.05, 0.1) is 11.7 Å². The Bertz CT molecular complexity index is 1080. The lowest BCUT2D eigenvalue weighted by atomic mass is 10.0. The van der Waals surface area contributed by atoms with Crippen molar-refractivity contribution in [3.05, 3.63) is 45.9 Å². The number of hydrogen-bond acceptors (Lipinski definition) is 6. The number of nitrogens with zero attached hydrogens (tertiary/aromatic N) is 3. The van der Waals surface area contributed by atoms with E-state index in [1.165, 1.54) is 0 Å². The SMILES string of the molecule is CC1(C)Cc2cc(C(=O)Nc3cccn(C4CC4)c3=O)c(N3CCC(O)CC3)nc2O1. The summed E-state index contributed by atoms with van der Waals surface area (Å²) in [4.78, 5) is 32.9. The number of anilines is 2. The molecule has 5 rings (SSSR count). The Morgan fingerprint density at radius 3 is 2.71 bits per heavy atom. The molecule has 2 aromatic heterocycles. The molecule has 2 aromatic rings. The average Bonchev–Trinajstić information content (AvgIpc) is 3.51. The number of piperidine rings is 1.